The van der Waals surface area contributed by atoms with Crippen molar-refractivity contribution in [3.63, 3.8) is 0 Å². The van der Waals surface area contributed by atoms with Crippen molar-refractivity contribution in [1.82, 2.24) is 19.7 Å². The van der Waals surface area contributed by atoms with Gasteiger partial charge in [-0.15, -0.1) is 0 Å². The van der Waals surface area contributed by atoms with Crippen molar-refractivity contribution in [3.05, 3.63) is 40.3 Å². The zero-order valence-corrected chi connectivity index (χ0v) is 23.5. The van der Waals surface area contributed by atoms with E-state index in [0.29, 0.717) is 48.2 Å². The molecule has 0 spiro atoms. The largest absolute Gasteiger partial charge is 0.489 e. The first kappa shape index (κ1) is 30.8. The second kappa shape index (κ2) is 15.1. The van der Waals surface area contributed by atoms with Crippen molar-refractivity contribution in [1.29, 1.82) is 0 Å². The van der Waals surface area contributed by atoms with Crippen LogP contribution in [0.25, 0.3) is 11.0 Å². The molecule has 208 valence electrons. The summed E-state index contributed by atoms with van der Waals surface area (Å²) in [5, 5.41) is 25.3. The van der Waals surface area contributed by atoms with Crippen LogP contribution in [0.5, 0.6) is 5.75 Å². The fourth-order valence-corrected chi connectivity index (χ4v) is 3.92. The third kappa shape index (κ3) is 9.48. The maximum atomic E-state index is 10.8. The van der Waals surface area contributed by atoms with Crippen molar-refractivity contribution in [2.24, 2.45) is 7.05 Å². The summed E-state index contributed by atoms with van der Waals surface area (Å²) < 4.78 is 7.54. The Kier molecular flexibility index (Phi) is 12.3. The number of hydrogen-bond acceptors (Lipinski definition) is 7. The van der Waals surface area contributed by atoms with E-state index < -0.39 is 11.9 Å². The second-order valence-electron chi connectivity index (χ2n) is 9.14. The van der Waals surface area contributed by atoms with Crippen LogP contribution in [0.15, 0.2) is 18.2 Å². The van der Waals surface area contributed by atoms with Gasteiger partial charge in [-0.1, -0.05) is 37.9 Å². The molecule has 0 atom stereocenters. The number of aromatic nitrogens is 4. The smallest absolute Gasteiger partial charge is 0.303 e. The highest BCUT2D eigenvalue weighted by Crippen LogP contribution is 2.28. The number of carboxylic acids is 2. The Bertz CT molecular complexity index is 1230. The monoisotopic (exact) mass is 547 g/mol. The van der Waals surface area contributed by atoms with Crippen molar-refractivity contribution < 1.29 is 24.5 Å². The first-order valence-corrected chi connectivity index (χ1v) is 13.3. The summed E-state index contributed by atoms with van der Waals surface area (Å²) in [4.78, 5) is 29.7. The number of aryl methyl sites for hydroxylation is 3. The second-order valence-corrected chi connectivity index (χ2v) is 9.55. The van der Waals surface area contributed by atoms with E-state index in [1.807, 2.05) is 43.8 Å². The predicted molar refractivity (Wildman–Crippen MR) is 148 cm³/mol. The topological polar surface area (TPSA) is 139 Å². The predicted octanol–water partition coefficient (Wildman–Crippen LogP) is 5.65. The molecule has 2 aromatic heterocycles. The molecule has 3 rings (SSSR count). The van der Waals surface area contributed by atoms with Crippen LogP contribution in [-0.2, 0) is 36.0 Å². The van der Waals surface area contributed by atoms with Crippen LogP contribution in [0.3, 0.4) is 0 Å². The minimum Gasteiger partial charge on any atom is -0.489 e. The summed E-state index contributed by atoms with van der Waals surface area (Å²) in [6.07, 6.45) is 4.15. The molecule has 0 bridgehead atoms. The van der Waals surface area contributed by atoms with Crippen LogP contribution in [0, 0.1) is 0 Å². The van der Waals surface area contributed by atoms with Gasteiger partial charge >= 0.3 is 11.9 Å². The molecule has 0 unspecified atom stereocenters. The number of anilines is 1. The highest BCUT2D eigenvalue weighted by Gasteiger charge is 2.17. The van der Waals surface area contributed by atoms with Crippen LogP contribution < -0.4 is 10.1 Å². The summed E-state index contributed by atoms with van der Waals surface area (Å²) in [6.45, 7) is 8.17. The summed E-state index contributed by atoms with van der Waals surface area (Å²) in [5.74, 6) is 0.544. The van der Waals surface area contributed by atoms with E-state index in [9.17, 15) is 9.59 Å². The molecular weight excluding hydrogens is 510 g/mol. The molecule has 0 saturated carbocycles. The van der Waals surface area contributed by atoms with Gasteiger partial charge in [0.25, 0.3) is 0 Å². The quantitative estimate of drug-likeness (QED) is 0.232. The van der Waals surface area contributed by atoms with E-state index in [4.69, 9.17) is 36.5 Å². The molecule has 38 heavy (non-hydrogen) atoms. The molecule has 0 aliphatic carbocycles. The van der Waals surface area contributed by atoms with Gasteiger partial charge in [-0.25, -0.2) is 9.97 Å². The van der Waals surface area contributed by atoms with E-state index in [1.165, 1.54) is 0 Å². The molecule has 0 aliphatic rings. The molecule has 0 radical (unpaired) electrons. The van der Waals surface area contributed by atoms with Gasteiger partial charge < -0.3 is 20.3 Å². The Morgan fingerprint density at radius 3 is 2.39 bits per heavy atom. The highest BCUT2D eigenvalue weighted by atomic mass is 35.5. The molecule has 0 fully saturated rings. The minimum atomic E-state index is -0.783. The van der Waals surface area contributed by atoms with E-state index in [1.54, 1.807) is 6.92 Å². The number of rotatable bonds is 13. The Morgan fingerprint density at radius 1 is 1.11 bits per heavy atom. The van der Waals surface area contributed by atoms with Gasteiger partial charge in [-0.2, -0.15) is 5.10 Å². The van der Waals surface area contributed by atoms with Gasteiger partial charge in [-0.3, -0.25) is 14.3 Å². The van der Waals surface area contributed by atoms with Crippen molar-refractivity contribution in [2.75, 3.05) is 5.32 Å². The summed E-state index contributed by atoms with van der Waals surface area (Å²) in [6, 6.07) is 5.75. The molecule has 10 nitrogen and oxygen atoms in total. The molecular formula is C27H38ClN5O5. The zero-order valence-electron chi connectivity index (χ0n) is 22.8. The Hall–Kier alpha value is -3.40. The van der Waals surface area contributed by atoms with Crippen molar-refractivity contribution in [2.45, 2.75) is 85.3 Å². The average Bonchev–Trinajstić information content (AvgIpc) is 3.17. The first-order valence-electron chi connectivity index (χ1n) is 12.9. The lowest BCUT2D eigenvalue weighted by atomic mass is 10.1. The Balaban J connectivity index is 0.000000926. The first-order chi connectivity index (χ1) is 18.0. The van der Waals surface area contributed by atoms with Crippen LogP contribution in [0.1, 0.15) is 76.9 Å². The van der Waals surface area contributed by atoms with Crippen LogP contribution >= 0.6 is 11.6 Å². The van der Waals surface area contributed by atoms with Crippen LogP contribution in [-0.4, -0.2) is 48.0 Å². The lowest BCUT2D eigenvalue weighted by Crippen LogP contribution is -2.08. The Morgan fingerprint density at radius 2 is 1.82 bits per heavy atom. The lowest BCUT2D eigenvalue weighted by molar-refractivity contribution is -0.137. The normalized spacial score (nSPS) is 10.8. The maximum absolute atomic E-state index is 10.8. The van der Waals surface area contributed by atoms with E-state index in [-0.39, 0.29) is 18.9 Å². The number of aliphatic carboxylic acids is 2. The number of nitrogens with one attached hydrogen (secondary N) is 1. The summed E-state index contributed by atoms with van der Waals surface area (Å²) in [7, 11) is 1.90. The third-order valence-corrected chi connectivity index (χ3v) is 5.74. The fraction of sp³-hybridized carbons (Fsp3) is 0.519. The van der Waals surface area contributed by atoms with Gasteiger partial charge in [0.15, 0.2) is 5.82 Å². The maximum Gasteiger partial charge on any atom is 0.303 e. The number of hydrogen-bond donors (Lipinski definition) is 3. The molecule has 0 amide bonds. The summed E-state index contributed by atoms with van der Waals surface area (Å²) in [5.41, 5.74) is 3.66. The number of fused-ring (bicyclic) bond motifs is 1. The van der Waals surface area contributed by atoms with E-state index >= 15 is 0 Å². The lowest BCUT2D eigenvalue weighted by Gasteiger charge is -2.13. The zero-order chi connectivity index (χ0) is 28.2. The van der Waals surface area contributed by atoms with Crippen LogP contribution in [0.2, 0.25) is 5.02 Å². The fourth-order valence-electron chi connectivity index (χ4n) is 3.68. The molecule has 3 N–H and O–H groups in total. The number of nitrogens with zero attached hydrogens (tertiary/aromatic N) is 4. The number of carbonyl (C=O) groups is 2. The molecule has 11 heteroatoms. The molecule has 0 aliphatic heterocycles. The average molecular weight is 548 g/mol. The number of benzene rings is 1. The number of halogens is 1. The molecule has 2 heterocycles. The van der Waals surface area contributed by atoms with Crippen LogP contribution in [0.4, 0.5) is 5.82 Å². The standard InChI is InChI=1S/C24H32ClN5O3.C3H6O2/c1-5-8-18-22-23(30(4)29-18)24(28-20(27-22)9-6-7-10-21(31)32)26-14-16-11-12-19(17(25)13-16)33-15(2)3;1-2-3(4)5/h11-13,15H,5-10,14H2,1-4H3,(H,31,32)(H,26,27,28);2H2,1H3,(H,4,5). The van der Waals surface area contributed by atoms with Gasteiger partial charge in [0, 0.05) is 32.9 Å². The third-order valence-electron chi connectivity index (χ3n) is 5.45. The van der Waals surface area contributed by atoms with E-state index in [2.05, 4.69) is 17.3 Å². The Labute approximate surface area is 228 Å². The SMILES string of the molecule is CCC(=O)O.CCCc1nn(C)c2c(NCc3ccc(OC(C)C)c(Cl)c3)nc(CCCCC(=O)O)nc12. The van der Waals surface area contributed by atoms with Gasteiger partial charge in [0.05, 0.1) is 16.8 Å². The number of carboxylic acid groups (broad SMARTS) is 2. The van der Waals surface area contributed by atoms with Gasteiger partial charge in [-0.05, 0) is 50.8 Å². The van der Waals surface area contributed by atoms with E-state index in [0.717, 1.165) is 35.1 Å². The molecule has 0 saturated heterocycles. The van der Waals surface area contributed by atoms with Gasteiger partial charge in [0.1, 0.15) is 22.6 Å². The highest BCUT2D eigenvalue weighted by molar-refractivity contribution is 6.32. The minimum absolute atomic E-state index is 0.0526. The molecule has 1 aromatic carbocycles. The van der Waals surface area contributed by atoms with Gasteiger partial charge in [0.2, 0.25) is 0 Å². The molecule has 3 aromatic rings. The summed E-state index contributed by atoms with van der Waals surface area (Å²) >= 11 is 6.40. The van der Waals surface area contributed by atoms with Crippen molar-refractivity contribution in [3.8, 4) is 5.75 Å². The number of ether oxygens (including phenoxy) is 1. The van der Waals surface area contributed by atoms with Crippen molar-refractivity contribution >= 4 is 40.4 Å². The number of unbranched alkanes of at least 4 members (excludes halogenated alkanes) is 1.